The van der Waals surface area contributed by atoms with Crippen molar-refractivity contribution < 1.29 is 5.11 Å². The maximum Gasteiger partial charge on any atom is 0.0701 e. The highest BCUT2D eigenvalue weighted by atomic mass is 79.9. The molecule has 0 bridgehead atoms. The van der Waals surface area contributed by atoms with Crippen LogP contribution < -0.4 is 5.32 Å². The Kier molecular flexibility index (Phi) is 6.48. The lowest BCUT2D eigenvalue weighted by molar-refractivity contribution is 0.251. The molecule has 0 saturated carbocycles. The van der Waals surface area contributed by atoms with Gasteiger partial charge in [0.05, 0.1) is 3.79 Å². The Labute approximate surface area is 104 Å². The minimum Gasteiger partial charge on any atom is -0.396 e. The number of aliphatic hydroxyl groups excluding tert-OH is 1. The summed E-state index contributed by atoms with van der Waals surface area (Å²) in [6.07, 6.45) is 2.03. The zero-order valence-corrected chi connectivity index (χ0v) is 11.4. The van der Waals surface area contributed by atoms with Gasteiger partial charge in [0.25, 0.3) is 0 Å². The van der Waals surface area contributed by atoms with Crippen LogP contribution in [-0.4, -0.2) is 18.3 Å². The predicted octanol–water partition coefficient (Wildman–Crippen LogP) is 3.01. The Balaban J connectivity index is 2.20. The number of thiophene rings is 1. The average Bonchev–Trinajstić information content (AvgIpc) is 2.63. The van der Waals surface area contributed by atoms with E-state index in [2.05, 4.69) is 39.6 Å². The summed E-state index contributed by atoms with van der Waals surface area (Å²) in [7, 11) is 0. The zero-order chi connectivity index (χ0) is 11.1. The molecule has 0 amide bonds. The number of rotatable bonds is 7. The molecule has 1 atom stereocenters. The monoisotopic (exact) mass is 291 g/mol. The summed E-state index contributed by atoms with van der Waals surface area (Å²) in [5, 5.41) is 14.4. The molecule has 0 aromatic carbocycles. The summed E-state index contributed by atoms with van der Waals surface area (Å²) in [6.45, 7) is 4.38. The topological polar surface area (TPSA) is 32.3 Å². The van der Waals surface area contributed by atoms with Crippen LogP contribution in [0.3, 0.4) is 0 Å². The van der Waals surface area contributed by atoms with E-state index in [0.29, 0.717) is 12.5 Å². The van der Waals surface area contributed by atoms with E-state index in [1.165, 1.54) is 9.35 Å². The molecule has 1 rings (SSSR count). The Morgan fingerprint density at radius 1 is 1.60 bits per heavy atom. The van der Waals surface area contributed by atoms with E-state index in [1.54, 1.807) is 11.3 Å². The molecule has 1 aromatic rings. The summed E-state index contributed by atoms with van der Waals surface area (Å²) in [4.78, 5) is 0. The molecule has 0 aliphatic carbocycles. The fourth-order valence-electron chi connectivity index (χ4n) is 1.49. The molecule has 1 unspecified atom stereocenters. The molecule has 0 aliphatic heterocycles. The van der Waals surface area contributed by atoms with Gasteiger partial charge < -0.3 is 10.4 Å². The quantitative estimate of drug-likeness (QED) is 0.809. The van der Waals surface area contributed by atoms with Gasteiger partial charge in [0, 0.05) is 13.2 Å². The molecule has 0 aliphatic rings. The molecular weight excluding hydrogens is 274 g/mol. The fourth-order valence-corrected chi connectivity index (χ4v) is 2.70. The summed E-state index contributed by atoms with van der Waals surface area (Å²) in [6, 6.07) is 2.14. The summed E-state index contributed by atoms with van der Waals surface area (Å²) < 4.78 is 1.18. The second-order valence-corrected chi connectivity index (χ2v) is 5.97. The highest BCUT2D eigenvalue weighted by Crippen LogP contribution is 2.20. The van der Waals surface area contributed by atoms with E-state index in [0.717, 1.165) is 25.9 Å². The lowest BCUT2D eigenvalue weighted by atomic mass is 10.0. The van der Waals surface area contributed by atoms with Crippen LogP contribution in [-0.2, 0) is 6.54 Å². The van der Waals surface area contributed by atoms with Gasteiger partial charge in [-0.15, -0.1) is 11.3 Å². The minimum atomic E-state index is 0.296. The van der Waals surface area contributed by atoms with E-state index in [4.69, 9.17) is 5.11 Å². The van der Waals surface area contributed by atoms with E-state index in [-0.39, 0.29) is 0 Å². The smallest absolute Gasteiger partial charge is 0.0701 e. The first-order valence-electron chi connectivity index (χ1n) is 5.30. The third kappa shape index (κ3) is 5.11. The van der Waals surface area contributed by atoms with Gasteiger partial charge in [0.15, 0.2) is 0 Å². The molecule has 1 heterocycles. The van der Waals surface area contributed by atoms with Gasteiger partial charge in [0.2, 0.25) is 0 Å². The number of halogens is 1. The van der Waals surface area contributed by atoms with Gasteiger partial charge in [-0.1, -0.05) is 13.3 Å². The van der Waals surface area contributed by atoms with Crippen LogP contribution in [0.5, 0.6) is 0 Å². The van der Waals surface area contributed by atoms with Crippen molar-refractivity contribution in [1.29, 1.82) is 0 Å². The Morgan fingerprint density at radius 3 is 2.93 bits per heavy atom. The predicted molar refractivity (Wildman–Crippen MR) is 69.2 cm³/mol. The Hall–Kier alpha value is 0.100. The number of hydrogen-bond donors (Lipinski definition) is 2. The van der Waals surface area contributed by atoms with Crippen molar-refractivity contribution in [3.05, 3.63) is 20.8 Å². The number of hydrogen-bond acceptors (Lipinski definition) is 3. The average molecular weight is 292 g/mol. The lowest BCUT2D eigenvalue weighted by Gasteiger charge is -2.13. The van der Waals surface area contributed by atoms with Crippen LogP contribution in [0.4, 0.5) is 0 Å². The number of aliphatic hydroxyl groups is 1. The standard InChI is InChI=1S/C11H18BrNOS/c1-2-9(3-4-14)6-13-7-10-5-11(12)15-8-10/h5,8-9,13-14H,2-4,6-7H2,1H3. The first-order valence-corrected chi connectivity index (χ1v) is 6.98. The highest BCUT2D eigenvalue weighted by molar-refractivity contribution is 9.11. The first kappa shape index (κ1) is 13.2. The molecule has 2 nitrogen and oxygen atoms in total. The largest absolute Gasteiger partial charge is 0.396 e. The van der Waals surface area contributed by atoms with Gasteiger partial charge in [-0.25, -0.2) is 0 Å². The van der Waals surface area contributed by atoms with Crippen LogP contribution in [0.25, 0.3) is 0 Å². The molecule has 0 saturated heterocycles. The van der Waals surface area contributed by atoms with E-state index >= 15 is 0 Å². The molecule has 86 valence electrons. The van der Waals surface area contributed by atoms with Crippen LogP contribution in [0.2, 0.25) is 0 Å². The molecule has 0 fully saturated rings. The van der Waals surface area contributed by atoms with Crippen LogP contribution in [0, 0.1) is 5.92 Å². The van der Waals surface area contributed by atoms with Gasteiger partial charge in [-0.3, -0.25) is 0 Å². The van der Waals surface area contributed by atoms with Crippen molar-refractivity contribution in [1.82, 2.24) is 5.32 Å². The normalized spacial score (nSPS) is 13.0. The molecular formula is C11H18BrNOS. The van der Waals surface area contributed by atoms with Crippen molar-refractivity contribution in [2.45, 2.75) is 26.3 Å². The third-order valence-corrected chi connectivity index (χ3v) is 4.05. The zero-order valence-electron chi connectivity index (χ0n) is 9.00. The van der Waals surface area contributed by atoms with E-state index in [1.807, 2.05) is 0 Å². The second-order valence-electron chi connectivity index (χ2n) is 3.68. The number of nitrogens with one attached hydrogen (secondary N) is 1. The Bertz CT molecular complexity index is 277. The SMILES string of the molecule is CCC(CCO)CNCc1csc(Br)c1. The highest BCUT2D eigenvalue weighted by Gasteiger charge is 2.05. The van der Waals surface area contributed by atoms with Crippen molar-refractivity contribution in [2.75, 3.05) is 13.2 Å². The van der Waals surface area contributed by atoms with Crippen molar-refractivity contribution in [3.63, 3.8) is 0 Å². The third-order valence-electron chi connectivity index (χ3n) is 2.50. The molecule has 15 heavy (non-hydrogen) atoms. The molecule has 0 spiro atoms. The van der Waals surface area contributed by atoms with Crippen molar-refractivity contribution in [3.8, 4) is 0 Å². The van der Waals surface area contributed by atoms with E-state index in [9.17, 15) is 0 Å². The minimum absolute atomic E-state index is 0.296. The van der Waals surface area contributed by atoms with Crippen molar-refractivity contribution in [2.24, 2.45) is 5.92 Å². The van der Waals surface area contributed by atoms with Gasteiger partial charge in [-0.2, -0.15) is 0 Å². The summed E-state index contributed by atoms with van der Waals surface area (Å²) >= 11 is 5.17. The molecule has 2 N–H and O–H groups in total. The Morgan fingerprint density at radius 2 is 2.40 bits per heavy atom. The maximum absolute atomic E-state index is 8.86. The summed E-state index contributed by atoms with van der Waals surface area (Å²) in [5.41, 5.74) is 1.32. The molecule has 4 heteroatoms. The van der Waals surface area contributed by atoms with Crippen LogP contribution in [0.15, 0.2) is 15.2 Å². The second kappa shape index (κ2) is 7.39. The molecule has 0 radical (unpaired) electrons. The van der Waals surface area contributed by atoms with Crippen molar-refractivity contribution >= 4 is 27.3 Å². The maximum atomic E-state index is 8.86. The fraction of sp³-hybridized carbons (Fsp3) is 0.636. The van der Waals surface area contributed by atoms with Crippen LogP contribution in [0.1, 0.15) is 25.3 Å². The van der Waals surface area contributed by atoms with E-state index < -0.39 is 0 Å². The van der Waals surface area contributed by atoms with Gasteiger partial charge in [-0.05, 0) is 51.8 Å². The first-order chi connectivity index (χ1) is 7.26. The van der Waals surface area contributed by atoms with Gasteiger partial charge in [0.1, 0.15) is 0 Å². The molecule has 1 aromatic heterocycles. The van der Waals surface area contributed by atoms with Gasteiger partial charge >= 0.3 is 0 Å². The van der Waals surface area contributed by atoms with Crippen LogP contribution >= 0.6 is 27.3 Å². The summed E-state index contributed by atoms with van der Waals surface area (Å²) in [5.74, 6) is 0.595. The lowest BCUT2D eigenvalue weighted by Crippen LogP contribution is -2.22.